The second-order valence-electron chi connectivity index (χ2n) is 2.12. The summed E-state index contributed by atoms with van der Waals surface area (Å²) in [6, 6.07) is 0. The van der Waals surface area contributed by atoms with E-state index in [1.54, 1.807) is 0 Å². The molecule has 0 bridgehead atoms. The van der Waals surface area contributed by atoms with E-state index in [4.69, 9.17) is 10.2 Å². The lowest BCUT2D eigenvalue weighted by Crippen LogP contribution is -2.19. The van der Waals surface area contributed by atoms with Gasteiger partial charge < -0.3 is 14.9 Å². The predicted molar refractivity (Wildman–Crippen MR) is 32.8 cm³/mol. The minimum absolute atomic E-state index is 0.00241. The normalized spacial score (nSPS) is 22.2. The van der Waals surface area contributed by atoms with Crippen molar-refractivity contribution in [2.45, 2.75) is 12.5 Å². The zero-order valence-corrected chi connectivity index (χ0v) is 5.48. The van der Waals surface area contributed by atoms with Crippen molar-refractivity contribution in [3.05, 3.63) is 11.8 Å². The van der Waals surface area contributed by atoms with Gasteiger partial charge in [0.2, 0.25) is 0 Å². The Morgan fingerprint density at radius 2 is 2.18 bits per heavy atom. The van der Waals surface area contributed by atoms with E-state index in [9.17, 15) is 9.59 Å². The van der Waals surface area contributed by atoms with Gasteiger partial charge in [0, 0.05) is 6.42 Å². The van der Waals surface area contributed by atoms with Crippen LogP contribution in [0.4, 0.5) is 0 Å². The van der Waals surface area contributed by atoms with Crippen LogP contribution in [0.3, 0.4) is 0 Å². The summed E-state index contributed by atoms with van der Waals surface area (Å²) in [5.74, 6) is -2.27. The molecule has 60 valence electrons. The van der Waals surface area contributed by atoms with Gasteiger partial charge in [-0.3, -0.25) is 0 Å². The van der Waals surface area contributed by atoms with Gasteiger partial charge >= 0.3 is 11.9 Å². The Hall–Kier alpha value is -1.52. The Kier molecular flexibility index (Phi) is 1.80. The summed E-state index contributed by atoms with van der Waals surface area (Å²) >= 11 is 0. The molecule has 1 aliphatic heterocycles. The van der Waals surface area contributed by atoms with Crippen LogP contribution in [0.5, 0.6) is 0 Å². The first kappa shape index (κ1) is 7.59. The number of carbonyl (C=O) groups is 2. The molecule has 0 saturated carbocycles. The Bertz CT molecular complexity index is 229. The van der Waals surface area contributed by atoms with Crippen LogP contribution in [0.1, 0.15) is 6.42 Å². The summed E-state index contributed by atoms with van der Waals surface area (Å²) in [7, 11) is 0. The fourth-order valence-corrected chi connectivity index (χ4v) is 0.743. The Morgan fingerprint density at radius 1 is 1.55 bits per heavy atom. The van der Waals surface area contributed by atoms with Crippen LogP contribution >= 0.6 is 0 Å². The second-order valence-corrected chi connectivity index (χ2v) is 2.12. The van der Waals surface area contributed by atoms with Crippen LogP contribution < -0.4 is 0 Å². The number of carboxylic acids is 2. The van der Waals surface area contributed by atoms with Gasteiger partial charge in [-0.15, -0.1) is 0 Å². The topological polar surface area (TPSA) is 83.8 Å². The van der Waals surface area contributed by atoms with Crippen molar-refractivity contribution in [2.75, 3.05) is 0 Å². The fraction of sp³-hybridized carbons (Fsp3) is 0.333. The minimum atomic E-state index is -1.14. The minimum Gasteiger partial charge on any atom is -0.485 e. The maximum atomic E-state index is 10.2. The molecule has 0 aliphatic carbocycles. The number of carboxylic acid groups (broad SMARTS) is 2. The lowest BCUT2D eigenvalue weighted by molar-refractivity contribution is -0.145. The molecule has 11 heavy (non-hydrogen) atoms. The van der Waals surface area contributed by atoms with Crippen molar-refractivity contribution in [3.8, 4) is 0 Å². The van der Waals surface area contributed by atoms with Gasteiger partial charge in [0.15, 0.2) is 6.10 Å². The molecule has 5 heteroatoms. The Balaban J connectivity index is 2.56. The largest absolute Gasteiger partial charge is 0.485 e. The fourth-order valence-electron chi connectivity index (χ4n) is 0.743. The van der Waals surface area contributed by atoms with Gasteiger partial charge in [-0.1, -0.05) is 0 Å². The van der Waals surface area contributed by atoms with Crippen molar-refractivity contribution in [1.82, 2.24) is 0 Å². The van der Waals surface area contributed by atoms with Gasteiger partial charge in [0.05, 0.1) is 11.8 Å². The van der Waals surface area contributed by atoms with Crippen LogP contribution in [0, 0.1) is 0 Å². The molecular formula is C6H6O5. The van der Waals surface area contributed by atoms with Crippen molar-refractivity contribution in [2.24, 2.45) is 0 Å². The highest BCUT2D eigenvalue weighted by molar-refractivity contribution is 5.88. The van der Waals surface area contributed by atoms with Crippen LogP contribution in [-0.2, 0) is 14.3 Å². The van der Waals surface area contributed by atoms with Crippen molar-refractivity contribution < 1.29 is 24.5 Å². The van der Waals surface area contributed by atoms with E-state index in [1.807, 2.05) is 0 Å². The summed E-state index contributed by atoms with van der Waals surface area (Å²) in [6.45, 7) is 0. The molecule has 5 nitrogen and oxygen atoms in total. The molecule has 0 saturated heterocycles. The highest BCUT2D eigenvalue weighted by Gasteiger charge is 2.28. The number of ether oxygens (including phenoxy) is 1. The van der Waals surface area contributed by atoms with Gasteiger partial charge in [0.1, 0.15) is 0 Å². The monoisotopic (exact) mass is 158 g/mol. The van der Waals surface area contributed by atoms with Crippen molar-refractivity contribution in [1.29, 1.82) is 0 Å². The zero-order valence-electron chi connectivity index (χ0n) is 5.48. The number of hydrogen-bond acceptors (Lipinski definition) is 3. The molecule has 1 aliphatic rings. The molecule has 1 atom stereocenters. The number of hydrogen-bond donors (Lipinski definition) is 2. The van der Waals surface area contributed by atoms with Crippen molar-refractivity contribution >= 4 is 11.9 Å². The summed E-state index contributed by atoms with van der Waals surface area (Å²) in [5.41, 5.74) is -0.00241. The van der Waals surface area contributed by atoms with E-state index < -0.39 is 18.0 Å². The molecule has 0 spiro atoms. The standard InChI is InChI=1S/C6H6O5/c7-5(8)3-1-4(6(9)10)11-2-3/h2,4H,1H2,(H,7,8)(H,9,10). The van der Waals surface area contributed by atoms with Gasteiger partial charge in [-0.2, -0.15) is 0 Å². The molecule has 0 radical (unpaired) electrons. The lowest BCUT2D eigenvalue weighted by atomic mass is 10.1. The second kappa shape index (κ2) is 2.61. The first-order valence-electron chi connectivity index (χ1n) is 2.92. The quantitative estimate of drug-likeness (QED) is 0.582. The van der Waals surface area contributed by atoms with E-state index in [2.05, 4.69) is 4.74 Å². The molecule has 1 rings (SSSR count). The first-order chi connectivity index (χ1) is 5.11. The summed E-state index contributed by atoms with van der Waals surface area (Å²) in [6.07, 6.45) is -0.118. The summed E-state index contributed by atoms with van der Waals surface area (Å²) in [5, 5.41) is 16.7. The molecule has 2 N–H and O–H groups in total. The van der Waals surface area contributed by atoms with Gasteiger partial charge in [-0.05, 0) is 0 Å². The smallest absolute Gasteiger partial charge is 0.345 e. The molecular weight excluding hydrogens is 152 g/mol. The molecule has 1 unspecified atom stereocenters. The SMILES string of the molecule is O=C(O)C1=COC(C(=O)O)C1. The molecule has 0 aromatic carbocycles. The van der Waals surface area contributed by atoms with Crippen LogP contribution in [0.15, 0.2) is 11.8 Å². The molecule has 1 heterocycles. The Labute approximate surface area is 61.9 Å². The molecule has 0 aromatic heterocycles. The summed E-state index contributed by atoms with van der Waals surface area (Å²) in [4.78, 5) is 20.4. The maximum absolute atomic E-state index is 10.2. The highest BCUT2D eigenvalue weighted by atomic mass is 16.5. The van der Waals surface area contributed by atoms with E-state index in [1.165, 1.54) is 0 Å². The predicted octanol–water partition coefficient (Wildman–Crippen LogP) is -0.172. The molecule has 0 amide bonds. The zero-order chi connectivity index (χ0) is 8.43. The average Bonchev–Trinajstić information content (AvgIpc) is 2.33. The third-order valence-electron chi connectivity index (χ3n) is 1.33. The van der Waals surface area contributed by atoms with E-state index in [-0.39, 0.29) is 12.0 Å². The van der Waals surface area contributed by atoms with Crippen LogP contribution in [0.2, 0.25) is 0 Å². The van der Waals surface area contributed by atoms with Crippen LogP contribution in [-0.4, -0.2) is 28.3 Å². The number of rotatable bonds is 2. The van der Waals surface area contributed by atoms with Gasteiger partial charge in [0.25, 0.3) is 0 Å². The maximum Gasteiger partial charge on any atom is 0.345 e. The van der Waals surface area contributed by atoms with Crippen LogP contribution in [0.25, 0.3) is 0 Å². The van der Waals surface area contributed by atoms with E-state index >= 15 is 0 Å². The summed E-state index contributed by atoms with van der Waals surface area (Å²) < 4.78 is 4.55. The average molecular weight is 158 g/mol. The van der Waals surface area contributed by atoms with E-state index in [0.29, 0.717) is 0 Å². The first-order valence-corrected chi connectivity index (χ1v) is 2.92. The Morgan fingerprint density at radius 3 is 2.45 bits per heavy atom. The van der Waals surface area contributed by atoms with Gasteiger partial charge in [-0.25, -0.2) is 9.59 Å². The van der Waals surface area contributed by atoms with E-state index in [0.717, 1.165) is 6.26 Å². The highest BCUT2D eigenvalue weighted by Crippen LogP contribution is 2.17. The molecule has 0 aromatic rings. The number of aliphatic carboxylic acids is 2. The van der Waals surface area contributed by atoms with Crippen molar-refractivity contribution in [3.63, 3.8) is 0 Å². The lowest BCUT2D eigenvalue weighted by Gasteiger charge is -2.01. The third kappa shape index (κ3) is 1.49. The molecule has 0 fully saturated rings. The third-order valence-corrected chi connectivity index (χ3v) is 1.33.